The number of hydrogen-bond acceptors (Lipinski definition) is 7. The van der Waals surface area contributed by atoms with E-state index in [2.05, 4.69) is 25.4 Å². The second kappa shape index (κ2) is 5.19. The summed E-state index contributed by atoms with van der Waals surface area (Å²) >= 11 is 0. The van der Waals surface area contributed by atoms with E-state index in [1.165, 1.54) is 4.68 Å². The van der Waals surface area contributed by atoms with Crippen LogP contribution >= 0.6 is 0 Å². The van der Waals surface area contributed by atoms with Crippen LogP contribution in [0, 0.1) is 0 Å². The molecule has 2 rings (SSSR count). The van der Waals surface area contributed by atoms with Gasteiger partial charge in [0, 0.05) is 12.4 Å². The number of nitrogens with zero attached hydrogens (tertiary/aromatic N) is 5. The topological polar surface area (TPSA) is 115 Å². The lowest BCUT2D eigenvalue weighted by Gasteiger charge is -2.27. The number of nitrogens with one attached hydrogen (secondary N) is 1. The summed E-state index contributed by atoms with van der Waals surface area (Å²) in [6.45, 7) is 3.80. The first-order valence-corrected chi connectivity index (χ1v) is 5.97. The van der Waals surface area contributed by atoms with Gasteiger partial charge in [-0.2, -0.15) is 20.1 Å². The molecule has 102 valence electrons. The van der Waals surface area contributed by atoms with Crippen LogP contribution in [-0.2, 0) is 0 Å². The van der Waals surface area contributed by atoms with Crippen LogP contribution in [0.5, 0.6) is 0 Å². The van der Waals surface area contributed by atoms with Crippen molar-refractivity contribution in [2.45, 2.75) is 25.8 Å². The smallest absolute Gasteiger partial charge is 0.257 e. The number of aliphatic hydroxyl groups excluding tert-OH is 1. The maximum absolute atomic E-state index is 9.39. The summed E-state index contributed by atoms with van der Waals surface area (Å²) in [4.78, 5) is 12.3. The van der Waals surface area contributed by atoms with Crippen molar-refractivity contribution in [3.05, 3.63) is 18.5 Å². The van der Waals surface area contributed by atoms with Crippen molar-refractivity contribution in [3.8, 4) is 5.95 Å². The van der Waals surface area contributed by atoms with E-state index in [0.29, 0.717) is 18.3 Å². The van der Waals surface area contributed by atoms with Crippen LogP contribution in [0.1, 0.15) is 20.3 Å². The van der Waals surface area contributed by atoms with Crippen molar-refractivity contribution >= 4 is 11.9 Å². The molecule has 1 unspecified atom stereocenters. The second-order valence-corrected chi connectivity index (χ2v) is 4.47. The van der Waals surface area contributed by atoms with Gasteiger partial charge >= 0.3 is 0 Å². The van der Waals surface area contributed by atoms with E-state index in [-0.39, 0.29) is 12.6 Å². The Hall–Kier alpha value is -2.22. The van der Waals surface area contributed by atoms with Crippen LogP contribution in [0.4, 0.5) is 11.9 Å². The molecule has 8 heteroatoms. The molecule has 0 saturated heterocycles. The molecule has 0 aliphatic carbocycles. The number of rotatable bonds is 5. The van der Waals surface area contributed by atoms with Crippen molar-refractivity contribution in [1.82, 2.24) is 24.7 Å². The molecule has 2 aromatic rings. The molecule has 0 bridgehead atoms. The lowest BCUT2D eigenvalue weighted by molar-refractivity contribution is 0.218. The van der Waals surface area contributed by atoms with Crippen molar-refractivity contribution in [2.75, 3.05) is 17.7 Å². The van der Waals surface area contributed by atoms with Gasteiger partial charge in [0.05, 0.1) is 12.1 Å². The van der Waals surface area contributed by atoms with E-state index >= 15 is 0 Å². The molecule has 0 aliphatic heterocycles. The largest absolute Gasteiger partial charge is 0.394 e. The molecule has 0 aromatic carbocycles. The van der Waals surface area contributed by atoms with Crippen LogP contribution in [-0.4, -0.2) is 42.0 Å². The van der Waals surface area contributed by atoms with E-state index in [1.54, 1.807) is 18.5 Å². The Labute approximate surface area is 110 Å². The zero-order valence-electron chi connectivity index (χ0n) is 10.9. The number of nitrogen functional groups attached to an aromatic ring is 1. The monoisotopic (exact) mass is 263 g/mol. The van der Waals surface area contributed by atoms with E-state index < -0.39 is 5.54 Å². The number of hydrogen-bond donors (Lipinski definition) is 3. The maximum atomic E-state index is 9.39. The van der Waals surface area contributed by atoms with Gasteiger partial charge in [0.15, 0.2) is 0 Å². The fourth-order valence-electron chi connectivity index (χ4n) is 1.44. The molecule has 0 aliphatic rings. The van der Waals surface area contributed by atoms with Crippen molar-refractivity contribution in [2.24, 2.45) is 0 Å². The maximum Gasteiger partial charge on any atom is 0.257 e. The molecule has 0 radical (unpaired) electrons. The minimum absolute atomic E-state index is 0.0355. The highest BCUT2D eigenvalue weighted by molar-refractivity contribution is 5.37. The van der Waals surface area contributed by atoms with E-state index in [9.17, 15) is 5.11 Å². The average molecular weight is 263 g/mol. The highest BCUT2D eigenvalue weighted by atomic mass is 16.3. The predicted molar refractivity (Wildman–Crippen MR) is 70.8 cm³/mol. The SMILES string of the molecule is CCC(C)(CO)Nc1nc(N)nc(-n2cccn2)n1. The van der Waals surface area contributed by atoms with E-state index in [0.717, 1.165) is 0 Å². The lowest BCUT2D eigenvalue weighted by atomic mass is 10.0. The summed E-state index contributed by atoms with van der Waals surface area (Å²) < 4.78 is 1.49. The third-order valence-corrected chi connectivity index (χ3v) is 2.89. The predicted octanol–water partition coefficient (Wildman–Crippen LogP) is 0.212. The molecule has 0 saturated carbocycles. The molecular weight excluding hydrogens is 246 g/mol. The number of aromatic nitrogens is 5. The highest BCUT2D eigenvalue weighted by Crippen LogP contribution is 2.16. The van der Waals surface area contributed by atoms with Gasteiger partial charge in [0.1, 0.15) is 0 Å². The number of aliphatic hydroxyl groups is 1. The van der Waals surface area contributed by atoms with Gasteiger partial charge in [-0.3, -0.25) is 0 Å². The Kier molecular flexibility index (Phi) is 3.61. The lowest BCUT2D eigenvalue weighted by Crippen LogP contribution is -2.38. The Balaban J connectivity index is 2.32. The zero-order valence-corrected chi connectivity index (χ0v) is 10.9. The summed E-state index contributed by atoms with van der Waals surface area (Å²) in [5.41, 5.74) is 5.16. The molecule has 4 N–H and O–H groups in total. The molecule has 2 aromatic heterocycles. The van der Waals surface area contributed by atoms with Crippen LogP contribution in [0.15, 0.2) is 18.5 Å². The minimum Gasteiger partial charge on any atom is -0.394 e. The number of anilines is 2. The summed E-state index contributed by atoms with van der Waals surface area (Å²) in [5.74, 6) is 0.743. The molecule has 0 fully saturated rings. The number of nitrogens with two attached hydrogens (primary N) is 1. The van der Waals surface area contributed by atoms with Gasteiger partial charge in [0.25, 0.3) is 5.95 Å². The van der Waals surface area contributed by atoms with Gasteiger partial charge in [-0.05, 0) is 19.4 Å². The zero-order chi connectivity index (χ0) is 13.9. The van der Waals surface area contributed by atoms with Crippen LogP contribution in [0.25, 0.3) is 5.95 Å². The van der Waals surface area contributed by atoms with Crippen LogP contribution in [0.3, 0.4) is 0 Å². The van der Waals surface area contributed by atoms with Gasteiger partial charge in [-0.15, -0.1) is 0 Å². The highest BCUT2D eigenvalue weighted by Gasteiger charge is 2.22. The Bertz CT molecular complexity index is 536. The molecule has 1 atom stereocenters. The van der Waals surface area contributed by atoms with Gasteiger partial charge in [-0.25, -0.2) is 4.68 Å². The molecule has 0 amide bonds. The summed E-state index contributed by atoms with van der Waals surface area (Å²) in [7, 11) is 0. The van der Waals surface area contributed by atoms with Crippen LogP contribution < -0.4 is 11.1 Å². The minimum atomic E-state index is -0.505. The van der Waals surface area contributed by atoms with Crippen molar-refractivity contribution < 1.29 is 5.11 Å². The molecular formula is C11H17N7O. The quantitative estimate of drug-likeness (QED) is 0.706. The normalized spacial score (nSPS) is 14.1. The summed E-state index contributed by atoms with van der Waals surface area (Å²) in [6.07, 6.45) is 4.05. The molecule has 0 spiro atoms. The van der Waals surface area contributed by atoms with Gasteiger partial charge in [0.2, 0.25) is 11.9 Å². The molecule has 19 heavy (non-hydrogen) atoms. The first kappa shape index (κ1) is 13.2. The second-order valence-electron chi connectivity index (χ2n) is 4.47. The fourth-order valence-corrected chi connectivity index (χ4v) is 1.44. The van der Waals surface area contributed by atoms with Crippen LogP contribution in [0.2, 0.25) is 0 Å². The first-order chi connectivity index (χ1) is 9.06. The molecule has 8 nitrogen and oxygen atoms in total. The Morgan fingerprint density at radius 3 is 2.79 bits per heavy atom. The van der Waals surface area contributed by atoms with Gasteiger partial charge < -0.3 is 16.2 Å². The summed E-state index contributed by atoms with van der Waals surface area (Å²) in [5, 5.41) is 16.5. The third kappa shape index (κ3) is 2.97. The Morgan fingerprint density at radius 1 is 1.42 bits per heavy atom. The van der Waals surface area contributed by atoms with E-state index in [1.807, 2.05) is 13.8 Å². The fraction of sp³-hybridized carbons (Fsp3) is 0.455. The van der Waals surface area contributed by atoms with Crippen molar-refractivity contribution in [3.63, 3.8) is 0 Å². The third-order valence-electron chi connectivity index (χ3n) is 2.89. The van der Waals surface area contributed by atoms with E-state index in [4.69, 9.17) is 5.73 Å². The van der Waals surface area contributed by atoms with Gasteiger partial charge in [-0.1, -0.05) is 6.92 Å². The summed E-state index contributed by atoms with van der Waals surface area (Å²) in [6, 6.07) is 1.76. The standard InChI is InChI=1S/C11H17N7O/c1-3-11(2,7-19)17-9-14-8(12)15-10(16-9)18-6-4-5-13-18/h4-6,19H,3,7H2,1-2H3,(H3,12,14,15,16,17). The Morgan fingerprint density at radius 2 is 2.21 bits per heavy atom. The average Bonchev–Trinajstić information content (AvgIpc) is 2.92. The van der Waals surface area contributed by atoms with Crippen molar-refractivity contribution in [1.29, 1.82) is 0 Å². The molecule has 2 heterocycles. The first-order valence-electron chi connectivity index (χ1n) is 5.97.